The van der Waals surface area contributed by atoms with Crippen LogP contribution in [0.1, 0.15) is 37.7 Å². The molecule has 0 saturated heterocycles. The first-order valence-electron chi connectivity index (χ1n) is 10.3. The quantitative estimate of drug-likeness (QED) is 0.369. The summed E-state index contributed by atoms with van der Waals surface area (Å²) in [5.74, 6) is 2.19. The van der Waals surface area contributed by atoms with Crippen molar-refractivity contribution in [3.8, 4) is 17.2 Å². The molecule has 2 amide bonds. The van der Waals surface area contributed by atoms with Gasteiger partial charge < -0.3 is 19.5 Å². The van der Waals surface area contributed by atoms with Gasteiger partial charge in [-0.2, -0.15) is 5.10 Å². The molecule has 0 atom stereocenters. The maximum atomic E-state index is 11.9. The average Bonchev–Trinajstić information content (AvgIpc) is 2.78. The van der Waals surface area contributed by atoms with Gasteiger partial charge in [-0.3, -0.25) is 0 Å². The molecular weight excluding hydrogens is 382 g/mol. The SMILES string of the molecule is COc1cccc(OCCOc2cccc(/C=N\NC(=O)NC3CCCCC3)c2)c1. The van der Waals surface area contributed by atoms with Gasteiger partial charge in [0.15, 0.2) is 0 Å². The van der Waals surface area contributed by atoms with E-state index in [1.165, 1.54) is 19.3 Å². The summed E-state index contributed by atoms with van der Waals surface area (Å²) in [5, 5.41) is 6.98. The Morgan fingerprint density at radius 1 is 1.00 bits per heavy atom. The molecule has 0 aliphatic heterocycles. The molecule has 1 fully saturated rings. The highest BCUT2D eigenvalue weighted by atomic mass is 16.5. The lowest BCUT2D eigenvalue weighted by Crippen LogP contribution is -2.41. The van der Waals surface area contributed by atoms with E-state index >= 15 is 0 Å². The van der Waals surface area contributed by atoms with Crippen LogP contribution in [0.15, 0.2) is 53.6 Å². The first-order valence-corrected chi connectivity index (χ1v) is 10.3. The number of benzene rings is 2. The molecule has 7 nitrogen and oxygen atoms in total. The molecule has 3 rings (SSSR count). The van der Waals surface area contributed by atoms with Crippen LogP contribution >= 0.6 is 0 Å². The van der Waals surface area contributed by atoms with Crippen molar-refractivity contribution in [2.45, 2.75) is 38.1 Å². The fourth-order valence-corrected chi connectivity index (χ4v) is 3.32. The Bertz CT molecular complexity index is 835. The number of urea groups is 1. The van der Waals surface area contributed by atoms with Gasteiger partial charge in [-0.05, 0) is 42.7 Å². The van der Waals surface area contributed by atoms with E-state index < -0.39 is 0 Å². The van der Waals surface area contributed by atoms with Crippen LogP contribution in [0.3, 0.4) is 0 Å². The number of ether oxygens (including phenoxy) is 3. The first-order chi connectivity index (χ1) is 14.7. The number of hydrogen-bond donors (Lipinski definition) is 2. The summed E-state index contributed by atoms with van der Waals surface area (Å²) in [5.41, 5.74) is 3.36. The van der Waals surface area contributed by atoms with Crippen molar-refractivity contribution >= 4 is 12.2 Å². The Labute approximate surface area is 177 Å². The van der Waals surface area contributed by atoms with Gasteiger partial charge in [0.1, 0.15) is 30.5 Å². The number of nitrogens with one attached hydrogen (secondary N) is 2. The van der Waals surface area contributed by atoms with Crippen molar-refractivity contribution in [1.82, 2.24) is 10.7 Å². The summed E-state index contributed by atoms with van der Waals surface area (Å²) in [6, 6.07) is 14.9. The molecule has 1 aliphatic carbocycles. The van der Waals surface area contributed by atoms with Gasteiger partial charge >= 0.3 is 6.03 Å². The van der Waals surface area contributed by atoms with Crippen LogP contribution in [-0.2, 0) is 0 Å². The van der Waals surface area contributed by atoms with Gasteiger partial charge in [-0.1, -0.05) is 37.5 Å². The van der Waals surface area contributed by atoms with E-state index in [-0.39, 0.29) is 12.1 Å². The van der Waals surface area contributed by atoms with E-state index in [1.54, 1.807) is 13.3 Å². The maximum absolute atomic E-state index is 11.9. The molecule has 0 aromatic heterocycles. The maximum Gasteiger partial charge on any atom is 0.335 e. The number of rotatable bonds is 9. The lowest BCUT2D eigenvalue weighted by molar-refractivity contribution is 0.216. The summed E-state index contributed by atoms with van der Waals surface area (Å²) in [4.78, 5) is 11.9. The lowest BCUT2D eigenvalue weighted by Gasteiger charge is -2.22. The van der Waals surface area contributed by atoms with Crippen LogP contribution in [0.25, 0.3) is 0 Å². The molecule has 0 spiro atoms. The predicted molar refractivity (Wildman–Crippen MR) is 117 cm³/mol. The number of methoxy groups -OCH3 is 1. The van der Waals surface area contributed by atoms with Gasteiger partial charge in [0, 0.05) is 12.1 Å². The highest BCUT2D eigenvalue weighted by molar-refractivity contribution is 5.82. The Morgan fingerprint density at radius 2 is 1.67 bits per heavy atom. The highest BCUT2D eigenvalue weighted by Crippen LogP contribution is 2.19. The van der Waals surface area contributed by atoms with Crippen molar-refractivity contribution in [2.24, 2.45) is 5.10 Å². The average molecular weight is 412 g/mol. The minimum atomic E-state index is -0.264. The van der Waals surface area contributed by atoms with Crippen molar-refractivity contribution in [3.05, 3.63) is 54.1 Å². The molecule has 2 N–H and O–H groups in total. The smallest absolute Gasteiger partial charge is 0.335 e. The molecule has 2 aromatic carbocycles. The van der Waals surface area contributed by atoms with Crippen LogP contribution < -0.4 is 25.0 Å². The van der Waals surface area contributed by atoms with E-state index in [2.05, 4.69) is 15.8 Å². The first kappa shape index (κ1) is 21.5. The Kier molecular flexibility index (Phi) is 8.38. The molecule has 1 saturated carbocycles. The summed E-state index contributed by atoms with van der Waals surface area (Å²) in [6.07, 6.45) is 7.27. The van der Waals surface area contributed by atoms with Crippen LogP contribution in [0.5, 0.6) is 17.2 Å². The van der Waals surface area contributed by atoms with E-state index in [1.807, 2.05) is 48.5 Å². The second kappa shape index (κ2) is 11.7. The molecule has 0 bridgehead atoms. The number of hydrogen-bond acceptors (Lipinski definition) is 5. The van der Waals surface area contributed by atoms with Gasteiger partial charge in [-0.25, -0.2) is 10.2 Å². The number of carbonyl (C=O) groups excluding carboxylic acids is 1. The molecular formula is C23H29N3O4. The van der Waals surface area contributed by atoms with Crippen molar-refractivity contribution in [1.29, 1.82) is 0 Å². The zero-order valence-electron chi connectivity index (χ0n) is 17.3. The third-order valence-corrected chi connectivity index (χ3v) is 4.84. The second-order valence-electron chi connectivity index (χ2n) is 7.13. The van der Waals surface area contributed by atoms with E-state index in [0.29, 0.717) is 19.0 Å². The number of amides is 2. The number of nitrogens with zero attached hydrogens (tertiary/aromatic N) is 1. The molecule has 160 valence electrons. The standard InChI is InChI=1S/C23H29N3O4/c1-28-20-10-6-12-22(16-20)30-14-13-29-21-11-5-7-18(15-21)17-24-26-23(27)25-19-8-3-2-4-9-19/h5-7,10-12,15-17,19H,2-4,8-9,13-14H2,1H3,(H2,25,26,27)/b24-17-. The zero-order chi connectivity index (χ0) is 21.0. The van der Waals surface area contributed by atoms with Crippen molar-refractivity contribution < 1.29 is 19.0 Å². The Balaban J connectivity index is 1.39. The van der Waals surface area contributed by atoms with Crippen LogP contribution in [0, 0.1) is 0 Å². The minimum Gasteiger partial charge on any atom is -0.497 e. The fraction of sp³-hybridized carbons (Fsp3) is 0.391. The number of carbonyl (C=O) groups is 1. The molecule has 1 aliphatic rings. The van der Waals surface area contributed by atoms with Gasteiger partial charge in [0.05, 0.1) is 13.3 Å². The van der Waals surface area contributed by atoms with Crippen LogP contribution in [-0.4, -0.2) is 38.6 Å². The number of hydrazone groups is 1. The monoisotopic (exact) mass is 411 g/mol. The van der Waals surface area contributed by atoms with Crippen molar-refractivity contribution in [2.75, 3.05) is 20.3 Å². The topological polar surface area (TPSA) is 81.2 Å². The summed E-state index contributed by atoms with van der Waals surface area (Å²) in [6.45, 7) is 0.814. The largest absolute Gasteiger partial charge is 0.497 e. The van der Waals surface area contributed by atoms with E-state index in [4.69, 9.17) is 14.2 Å². The van der Waals surface area contributed by atoms with E-state index in [0.717, 1.165) is 29.9 Å². The highest BCUT2D eigenvalue weighted by Gasteiger charge is 2.14. The van der Waals surface area contributed by atoms with Gasteiger partial charge in [0.2, 0.25) is 0 Å². The molecule has 0 heterocycles. The van der Waals surface area contributed by atoms with Gasteiger partial charge in [-0.15, -0.1) is 0 Å². The third-order valence-electron chi connectivity index (χ3n) is 4.84. The molecule has 0 unspecified atom stereocenters. The minimum absolute atomic E-state index is 0.255. The Morgan fingerprint density at radius 3 is 2.40 bits per heavy atom. The lowest BCUT2D eigenvalue weighted by atomic mass is 9.96. The summed E-state index contributed by atoms with van der Waals surface area (Å²) < 4.78 is 16.6. The van der Waals surface area contributed by atoms with Crippen LogP contribution in [0.2, 0.25) is 0 Å². The predicted octanol–water partition coefficient (Wildman–Crippen LogP) is 4.12. The van der Waals surface area contributed by atoms with E-state index in [9.17, 15) is 4.79 Å². The molecule has 30 heavy (non-hydrogen) atoms. The normalized spacial score (nSPS) is 14.3. The third kappa shape index (κ3) is 7.31. The molecule has 0 radical (unpaired) electrons. The molecule has 7 heteroatoms. The van der Waals surface area contributed by atoms with Crippen LogP contribution in [0.4, 0.5) is 4.79 Å². The fourth-order valence-electron chi connectivity index (χ4n) is 3.32. The molecule has 2 aromatic rings. The summed E-state index contributed by atoms with van der Waals surface area (Å²) >= 11 is 0. The Hall–Kier alpha value is -3.22. The second-order valence-corrected chi connectivity index (χ2v) is 7.13. The zero-order valence-corrected chi connectivity index (χ0v) is 17.3. The summed E-state index contributed by atoms with van der Waals surface area (Å²) in [7, 11) is 1.62. The van der Waals surface area contributed by atoms with Crippen molar-refractivity contribution in [3.63, 3.8) is 0 Å². The van der Waals surface area contributed by atoms with Gasteiger partial charge in [0.25, 0.3) is 0 Å².